The molecular weight excluding hydrogens is 270 g/mol. The molecule has 0 atom stereocenters. The number of carbonyl (C=O) groups is 1. The summed E-state index contributed by atoms with van der Waals surface area (Å²) in [6.45, 7) is 4.18. The highest BCUT2D eigenvalue weighted by atomic mass is 35.5. The highest BCUT2D eigenvalue weighted by molar-refractivity contribution is 6.44. The van der Waals surface area contributed by atoms with Crippen LogP contribution in [0.5, 0.6) is 0 Å². The number of hydrogen-bond acceptors (Lipinski definition) is 2. The molecule has 0 heterocycles. The molecule has 87 valence electrons. The Morgan fingerprint density at radius 3 is 2.62 bits per heavy atom. The Morgan fingerprint density at radius 1 is 1.44 bits per heavy atom. The summed E-state index contributed by atoms with van der Waals surface area (Å²) in [6, 6.07) is 4.04. The van der Waals surface area contributed by atoms with Gasteiger partial charge in [-0.05, 0) is 12.0 Å². The van der Waals surface area contributed by atoms with Crippen LogP contribution in [0.2, 0.25) is 15.1 Å². The van der Waals surface area contributed by atoms with Gasteiger partial charge in [0.25, 0.3) is 0 Å². The second-order valence-corrected chi connectivity index (χ2v) is 4.84. The molecule has 16 heavy (non-hydrogen) atoms. The summed E-state index contributed by atoms with van der Waals surface area (Å²) in [5.41, 5.74) is 0.0693. The van der Waals surface area contributed by atoms with Gasteiger partial charge in [0, 0.05) is 6.07 Å². The molecule has 1 radical (unpaired) electrons. The molecule has 0 spiro atoms. The number of halogens is 3. The van der Waals surface area contributed by atoms with Crippen molar-refractivity contribution in [2.75, 3.05) is 6.61 Å². The van der Waals surface area contributed by atoms with E-state index in [2.05, 4.69) is 6.07 Å². The molecule has 0 aliphatic rings. The van der Waals surface area contributed by atoms with Gasteiger partial charge in [-0.25, -0.2) is 4.79 Å². The molecule has 0 aliphatic carbocycles. The van der Waals surface area contributed by atoms with Gasteiger partial charge in [0.2, 0.25) is 0 Å². The normalized spacial score (nSPS) is 10.6. The molecule has 2 nitrogen and oxygen atoms in total. The first-order valence-corrected chi connectivity index (χ1v) is 5.79. The fourth-order valence-corrected chi connectivity index (χ4v) is 1.60. The van der Waals surface area contributed by atoms with Crippen molar-refractivity contribution >= 4 is 40.8 Å². The van der Waals surface area contributed by atoms with Crippen molar-refractivity contribution < 1.29 is 9.53 Å². The molecular formula is C11H10Cl3O2. The van der Waals surface area contributed by atoms with E-state index in [1.165, 1.54) is 6.07 Å². The van der Waals surface area contributed by atoms with Crippen LogP contribution in [0.25, 0.3) is 0 Å². The van der Waals surface area contributed by atoms with Crippen LogP contribution in [0.4, 0.5) is 0 Å². The summed E-state index contributed by atoms with van der Waals surface area (Å²) in [4.78, 5) is 11.6. The van der Waals surface area contributed by atoms with E-state index < -0.39 is 5.97 Å². The van der Waals surface area contributed by atoms with E-state index >= 15 is 0 Å². The average molecular weight is 281 g/mol. The first-order valence-electron chi connectivity index (χ1n) is 4.65. The van der Waals surface area contributed by atoms with Gasteiger partial charge in [0.1, 0.15) is 0 Å². The number of ether oxygens (including phenoxy) is 1. The van der Waals surface area contributed by atoms with Crippen LogP contribution >= 0.6 is 34.8 Å². The van der Waals surface area contributed by atoms with E-state index in [9.17, 15) is 4.79 Å². The van der Waals surface area contributed by atoms with Crippen molar-refractivity contribution in [1.82, 2.24) is 0 Å². The van der Waals surface area contributed by atoms with Gasteiger partial charge in [-0.3, -0.25) is 0 Å². The molecule has 0 unspecified atom stereocenters. The SMILES string of the molecule is CC(C)COC(=O)c1[c]c(Cl)cc(Cl)c1Cl. The third kappa shape index (κ3) is 3.55. The lowest BCUT2D eigenvalue weighted by molar-refractivity contribution is 0.0459. The van der Waals surface area contributed by atoms with Gasteiger partial charge >= 0.3 is 5.97 Å². The van der Waals surface area contributed by atoms with Crippen LogP contribution in [0, 0.1) is 12.0 Å². The van der Waals surface area contributed by atoms with Gasteiger partial charge < -0.3 is 4.74 Å². The lowest BCUT2D eigenvalue weighted by Gasteiger charge is -2.09. The van der Waals surface area contributed by atoms with Gasteiger partial charge in [0.05, 0.1) is 27.2 Å². The zero-order valence-corrected chi connectivity index (χ0v) is 11.1. The maximum Gasteiger partial charge on any atom is 0.340 e. The fraction of sp³-hybridized carbons (Fsp3) is 0.364. The van der Waals surface area contributed by atoms with Crippen molar-refractivity contribution in [1.29, 1.82) is 0 Å². The van der Waals surface area contributed by atoms with Crippen molar-refractivity contribution in [3.05, 3.63) is 32.8 Å². The van der Waals surface area contributed by atoms with E-state index in [0.717, 1.165) is 0 Å². The number of benzene rings is 1. The van der Waals surface area contributed by atoms with Crippen molar-refractivity contribution in [3.63, 3.8) is 0 Å². The lowest BCUT2D eigenvalue weighted by Crippen LogP contribution is -2.11. The molecule has 1 rings (SSSR count). The first kappa shape index (κ1) is 13.6. The van der Waals surface area contributed by atoms with Crippen LogP contribution in [-0.2, 0) is 4.74 Å². The average Bonchev–Trinajstić information content (AvgIpc) is 2.19. The quantitative estimate of drug-likeness (QED) is 0.611. The summed E-state index contributed by atoms with van der Waals surface area (Å²) in [7, 11) is 0. The lowest BCUT2D eigenvalue weighted by atomic mass is 10.2. The van der Waals surface area contributed by atoms with Gasteiger partial charge in [0.15, 0.2) is 0 Å². The molecule has 0 aromatic heterocycles. The first-order chi connectivity index (χ1) is 7.41. The molecule has 1 aromatic rings. The molecule has 5 heteroatoms. The monoisotopic (exact) mass is 279 g/mol. The molecule has 0 bridgehead atoms. The zero-order chi connectivity index (χ0) is 12.3. The van der Waals surface area contributed by atoms with Crippen LogP contribution < -0.4 is 0 Å². The summed E-state index contributed by atoms with van der Waals surface area (Å²) < 4.78 is 5.01. The molecule has 0 N–H and O–H groups in total. The minimum absolute atomic E-state index is 0.0693. The Balaban J connectivity index is 2.91. The zero-order valence-electron chi connectivity index (χ0n) is 8.81. The van der Waals surface area contributed by atoms with Crippen LogP contribution in [0.15, 0.2) is 6.07 Å². The number of esters is 1. The number of hydrogen-bond donors (Lipinski definition) is 0. The number of carbonyl (C=O) groups excluding carboxylic acids is 1. The standard InChI is InChI=1S/C11H10Cl3O2/c1-6(2)5-16-11(15)8-3-7(12)4-9(13)10(8)14/h4,6H,5H2,1-2H3. The van der Waals surface area contributed by atoms with E-state index in [4.69, 9.17) is 39.5 Å². The van der Waals surface area contributed by atoms with E-state index in [1.54, 1.807) is 0 Å². The second kappa shape index (κ2) is 5.76. The minimum Gasteiger partial charge on any atom is -0.462 e. The van der Waals surface area contributed by atoms with Crippen LogP contribution in [0.3, 0.4) is 0 Å². The highest BCUT2D eigenvalue weighted by Crippen LogP contribution is 2.29. The smallest absolute Gasteiger partial charge is 0.340 e. The van der Waals surface area contributed by atoms with Crippen LogP contribution in [0.1, 0.15) is 24.2 Å². The second-order valence-electron chi connectivity index (χ2n) is 3.65. The molecule has 0 aliphatic heterocycles. The fourth-order valence-electron chi connectivity index (χ4n) is 0.960. The Kier molecular flexibility index (Phi) is 4.90. The van der Waals surface area contributed by atoms with Gasteiger partial charge in [-0.2, -0.15) is 0 Å². The van der Waals surface area contributed by atoms with E-state index in [1.807, 2.05) is 13.8 Å². The summed E-state index contributed by atoms with van der Waals surface area (Å²) in [5.74, 6) is -0.319. The van der Waals surface area contributed by atoms with Crippen LogP contribution in [-0.4, -0.2) is 12.6 Å². The Bertz CT molecular complexity index is 402. The predicted molar refractivity (Wildman–Crippen MR) is 65.4 cm³/mol. The van der Waals surface area contributed by atoms with Crippen molar-refractivity contribution in [2.24, 2.45) is 5.92 Å². The summed E-state index contributed by atoms with van der Waals surface area (Å²) >= 11 is 17.4. The van der Waals surface area contributed by atoms with E-state index in [-0.39, 0.29) is 26.5 Å². The molecule has 0 fully saturated rings. The molecule has 0 saturated heterocycles. The Morgan fingerprint density at radius 2 is 2.06 bits per heavy atom. The molecule has 0 amide bonds. The third-order valence-corrected chi connectivity index (χ3v) is 2.67. The largest absolute Gasteiger partial charge is 0.462 e. The topological polar surface area (TPSA) is 26.3 Å². The Hall–Kier alpha value is -0.440. The maximum absolute atomic E-state index is 11.6. The third-order valence-electron chi connectivity index (χ3n) is 1.68. The van der Waals surface area contributed by atoms with Crippen molar-refractivity contribution in [3.8, 4) is 0 Å². The molecule has 0 saturated carbocycles. The van der Waals surface area contributed by atoms with Gasteiger partial charge in [-0.15, -0.1) is 0 Å². The predicted octanol–water partition coefficient (Wildman–Crippen LogP) is 4.26. The van der Waals surface area contributed by atoms with Crippen molar-refractivity contribution in [2.45, 2.75) is 13.8 Å². The highest BCUT2D eigenvalue weighted by Gasteiger charge is 2.16. The summed E-state index contributed by atoms with van der Waals surface area (Å²) in [6.07, 6.45) is 0. The van der Waals surface area contributed by atoms with Gasteiger partial charge in [-0.1, -0.05) is 48.7 Å². The Labute approximate surface area is 109 Å². The minimum atomic E-state index is -0.567. The van der Waals surface area contributed by atoms with E-state index in [0.29, 0.717) is 6.61 Å². The summed E-state index contributed by atoms with van der Waals surface area (Å²) in [5, 5.41) is 0.549. The maximum atomic E-state index is 11.6. The number of rotatable bonds is 3. The molecule has 1 aromatic carbocycles.